The third-order valence-corrected chi connectivity index (χ3v) is 6.48. The highest BCUT2D eigenvalue weighted by Gasteiger charge is 2.35. The normalized spacial score (nSPS) is 11.9. The monoisotopic (exact) mass is 434 g/mol. The quantitative estimate of drug-likeness (QED) is 0.350. The minimum absolute atomic E-state index is 0.420. The van der Waals surface area contributed by atoms with Gasteiger partial charge in [0.15, 0.2) is 0 Å². The molecule has 0 atom stereocenters. The van der Waals surface area contributed by atoms with Crippen molar-refractivity contribution in [3.05, 3.63) is 103 Å². The van der Waals surface area contributed by atoms with Crippen LogP contribution in [0.2, 0.25) is 0 Å². The maximum Gasteiger partial charge on any atom is 0.309 e. The van der Waals surface area contributed by atoms with Gasteiger partial charge >= 0.3 is 7.48 Å². The van der Waals surface area contributed by atoms with Crippen LogP contribution < -0.4 is 5.46 Å². The van der Waals surface area contributed by atoms with E-state index in [1.54, 1.807) is 13.8 Å². The van der Waals surface area contributed by atoms with Crippen molar-refractivity contribution in [2.24, 2.45) is 0 Å². The summed E-state index contributed by atoms with van der Waals surface area (Å²) >= 11 is 0. The van der Waals surface area contributed by atoms with E-state index in [2.05, 4.69) is 91.0 Å². The molecule has 2 nitrogen and oxygen atoms in total. The summed E-state index contributed by atoms with van der Waals surface area (Å²) in [6.07, 6.45) is 0. The van der Waals surface area contributed by atoms with E-state index in [1.807, 2.05) is 26.0 Å². The first kappa shape index (κ1) is 23.0. The van der Waals surface area contributed by atoms with Gasteiger partial charge in [-0.05, 0) is 73.2 Å². The molecule has 0 aromatic heterocycles. The average Bonchev–Trinajstić information content (AvgIpc) is 2.83. The van der Waals surface area contributed by atoms with Crippen molar-refractivity contribution in [2.75, 3.05) is 0 Å². The first-order valence-corrected chi connectivity index (χ1v) is 11.4. The molecule has 33 heavy (non-hydrogen) atoms. The van der Waals surface area contributed by atoms with Gasteiger partial charge in [-0.15, -0.1) is 0 Å². The predicted molar refractivity (Wildman–Crippen MR) is 141 cm³/mol. The van der Waals surface area contributed by atoms with Gasteiger partial charge < -0.3 is 9.76 Å². The molecule has 0 aliphatic heterocycles. The van der Waals surface area contributed by atoms with E-state index in [-0.39, 0.29) is 0 Å². The van der Waals surface area contributed by atoms with Crippen LogP contribution in [0.3, 0.4) is 0 Å². The fourth-order valence-corrected chi connectivity index (χ4v) is 3.69. The minimum Gasteiger partial charge on any atom is -0.427 e. The highest BCUT2D eigenvalue weighted by Crippen LogP contribution is 2.30. The van der Waals surface area contributed by atoms with Crippen LogP contribution in [-0.2, 0) is 4.65 Å². The Kier molecular flexibility index (Phi) is 6.55. The van der Waals surface area contributed by atoms with Crippen LogP contribution in [-0.4, -0.2) is 23.8 Å². The Morgan fingerprint density at radius 2 is 0.970 bits per heavy atom. The first-order valence-electron chi connectivity index (χ1n) is 11.4. The lowest BCUT2D eigenvalue weighted by Gasteiger charge is -2.37. The van der Waals surface area contributed by atoms with E-state index in [0.29, 0.717) is 7.48 Å². The Morgan fingerprint density at radius 1 is 0.545 bits per heavy atom. The van der Waals surface area contributed by atoms with E-state index in [0.717, 1.165) is 22.2 Å². The number of hydrogen-bond donors (Lipinski definition) is 1. The summed E-state index contributed by atoms with van der Waals surface area (Å²) in [4.78, 5) is 0. The van der Waals surface area contributed by atoms with Gasteiger partial charge in [-0.25, -0.2) is 0 Å². The largest absolute Gasteiger partial charge is 0.427 e. The summed E-state index contributed by atoms with van der Waals surface area (Å²) in [6.45, 7) is 7.43. The molecule has 4 aromatic carbocycles. The highest BCUT2D eigenvalue weighted by molar-refractivity contribution is 6.47. The van der Waals surface area contributed by atoms with Crippen LogP contribution in [0.1, 0.15) is 27.7 Å². The maximum atomic E-state index is 10.5. The van der Waals surface area contributed by atoms with Gasteiger partial charge in [-0.1, -0.05) is 96.5 Å². The maximum absolute atomic E-state index is 10.5. The average molecular weight is 434 g/mol. The lowest BCUT2D eigenvalue weighted by molar-refractivity contribution is -0.0893. The molecular weight excluding hydrogens is 403 g/mol. The van der Waals surface area contributed by atoms with Crippen LogP contribution in [0.15, 0.2) is 103 Å². The van der Waals surface area contributed by atoms with Gasteiger partial charge in [-0.2, -0.15) is 0 Å². The molecule has 166 valence electrons. The molecule has 0 aliphatic carbocycles. The molecular formula is C30H31BO2. The smallest absolute Gasteiger partial charge is 0.309 e. The SMILES string of the molecule is CC(C)(O)C(C)(C)OBc1cc(-c2ccccc2)cc(-c2cccc(-c3ccccc3)c2)c1. The van der Waals surface area contributed by atoms with Crippen LogP contribution >= 0.6 is 0 Å². The van der Waals surface area contributed by atoms with Crippen molar-refractivity contribution in [1.82, 2.24) is 0 Å². The van der Waals surface area contributed by atoms with Crippen LogP contribution in [0.5, 0.6) is 0 Å². The molecule has 0 unspecified atom stereocenters. The number of rotatable bonds is 7. The Balaban J connectivity index is 1.74. The summed E-state index contributed by atoms with van der Waals surface area (Å²) in [5.41, 5.74) is 6.48. The molecule has 1 N–H and O–H groups in total. The summed E-state index contributed by atoms with van der Waals surface area (Å²) in [5.74, 6) is 0. The Labute approximate surface area is 198 Å². The van der Waals surface area contributed by atoms with Gasteiger partial charge in [0.2, 0.25) is 0 Å². The fraction of sp³-hybridized carbons (Fsp3) is 0.200. The molecule has 0 saturated heterocycles. The Hall–Kier alpha value is -3.14. The van der Waals surface area contributed by atoms with Crippen LogP contribution in [0, 0.1) is 0 Å². The van der Waals surface area contributed by atoms with Crippen LogP contribution in [0.4, 0.5) is 0 Å². The van der Waals surface area contributed by atoms with Crippen molar-refractivity contribution in [1.29, 1.82) is 0 Å². The van der Waals surface area contributed by atoms with Gasteiger partial charge in [0, 0.05) is 0 Å². The molecule has 0 bridgehead atoms. The van der Waals surface area contributed by atoms with E-state index >= 15 is 0 Å². The molecule has 3 heteroatoms. The van der Waals surface area contributed by atoms with Gasteiger partial charge in [0.1, 0.15) is 0 Å². The Bertz CT molecular complexity index is 1210. The van der Waals surface area contributed by atoms with Gasteiger partial charge in [0.25, 0.3) is 0 Å². The third kappa shape index (κ3) is 5.44. The summed E-state index contributed by atoms with van der Waals surface area (Å²) in [5, 5.41) is 10.5. The number of aliphatic hydroxyl groups is 1. The van der Waals surface area contributed by atoms with Crippen molar-refractivity contribution >= 4 is 12.9 Å². The van der Waals surface area contributed by atoms with Crippen molar-refractivity contribution < 1.29 is 9.76 Å². The standard InChI is InChI=1S/C30H31BO2/c1-29(2,32)30(3,4)33-31-28-20-26(23-14-9-6-10-15-23)19-27(21-28)25-17-11-16-24(18-25)22-12-7-5-8-13-22/h5-21,31-32H,1-4H3. The number of benzene rings is 4. The number of hydrogen-bond acceptors (Lipinski definition) is 2. The molecule has 4 aromatic rings. The van der Waals surface area contributed by atoms with Crippen molar-refractivity contribution in [3.63, 3.8) is 0 Å². The predicted octanol–water partition coefficient (Wildman–Crippen LogP) is 6.23. The minimum atomic E-state index is -0.948. The van der Waals surface area contributed by atoms with E-state index in [1.165, 1.54) is 16.7 Å². The summed E-state index contributed by atoms with van der Waals surface area (Å²) in [7, 11) is 0.420. The molecule has 0 radical (unpaired) electrons. The molecule has 0 aliphatic rings. The zero-order valence-corrected chi connectivity index (χ0v) is 19.9. The Morgan fingerprint density at radius 3 is 1.52 bits per heavy atom. The van der Waals surface area contributed by atoms with E-state index in [9.17, 15) is 5.11 Å². The van der Waals surface area contributed by atoms with Crippen molar-refractivity contribution in [2.45, 2.75) is 38.9 Å². The van der Waals surface area contributed by atoms with Crippen LogP contribution in [0.25, 0.3) is 33.4 Å². The lowest BCUT2D eigenvalue weighted by atomic mass is 9.80. The molecule has 4 rings (SSSR count). The zero-order chi connectivity index (χ0) is 23.5. The van der Waals surface area contributed by atoms with E-state index in [4.69, 9.17) is 4.65 Å². The van der Waals surface area contributed by atoms with E-state index < -0.39 is 11.2 Å². The second-order valence-electron chi connectivity index (χ2n) is 9.59. The molecule has 0 fully saturated rings. The second kappa shape index (κ2) is 9.39. The zero-order valence-electron chi connectivity index (χ0n) is 19.9. The van der Waals surface area contributed by atoms with Crippen molar-refractivity contribution in [3.8, 4) is 33.4 Å². The molecule has 0 spiro atoms. The van der Waals surface area contributed by atoms with Gasteiger partial charge in [0.05, 0.1) is 11.2 Å². The van der Waals surface area contributed by atoms with Gasteiger partial charge in [-0.3, -0.25) is 0 Å². The third-order valence-electron chi connectivity index (χ3n) is 6.48. The molecule has 0 amide bonds. The highest BCUT2D eigenvalue weighted by atomic mass is 16.5. The molecule has 0 heterocycles. The summed E-state index contributed by atoms with van der Waals surface area (Å²) in [6, 6.07) is 36.1. The molecule has 0 saturated carbocycles. The topological polar surface area (TPSA) is 29.5 Å². The lowest BCUT2D eigenvalue weighted by Crippen LogP contribution is -2.49. The second-order valence-corrected chi connectivity index (χ2v) is 9.59. The first-order chi connectivity index (χ1) is 15.7. The fourth-order valence-electron chi connectivity index (χ4n) is 3.69. The summed E-state index contributed by atoms with van der Waals surface area (Å²) < 4.78 is 6.20.